The summed E-state index contributed by atoms with van der Waals surface area (Å²) in [6, 6.07) is 28.7. The number of carbonyl (C=O) groups excluding carboxylic acids is 1. The minimum absolute atomic E-state index is 0.0681. The van der Waals surface area contributed by atoms with Crippen LogP contribution in [0.2, 0.25) is 0 Å². The molecule has 1 amide bonds. The summed E-state index contributed by atoms with van der Waals surface area (Å²) < 4.78 is 2.32. The molecule has 0 aliphatic rings. The van der Waals surface area contributed by atoms with Gasteiger partial charge in [0, 0.05) is 25.6 Å². The van der Waals surface area contributed by atoms with Gasteiger partial charge < -0.3 is 9.88 Å². The summed E-state index contributed by atoms with van der Waals surface area (Å²) in [6.07, 6.45) is 6.06. The number of para-hydroxylation sites is 2. The van der Waals surface area contributed by atoms with Crippen LogP contribution in [0.15, 0.2) is 91.0 Å². The maximum Gasteiger partial charge on any atom is 0.243 e. The predicted octanol–water partition coefficient (Wildman–Crippen LogP) is 5.04. The summed E-state index contributed by atoms with van der Waals surface area (Å²) in [6.45, 7) is 1.52. The molecule has 0 atom stereocenters. The highest BCUT2D eigenvalue weighted by Gasteiger charge is 2.10. The van der Waals surface area contributed by atoms with Crippen LogP contribution >= 0.6 is 0 Å². The zero-order valence-electron chi connectivity index (χ0n) is 17.6. The second kappa shape index (κ2) is 10.4. The number of aromatic nitrogens is 2. The minimum atomic E-state index is -0.0681. The Bertz CT molecular complexity index is 1150. The van der Waals surface area contributed by atoms with Crippen molar-refractivity contribution < 1.29 is 4.79 Å². The quantitative estimate of drug-likeness (QED) is 0.311. The van der Waals surface area contributed by atoms with Crippen molar-refractivity contribution in [1.82, 2.24) is 14.9 Å². The molecule has 0 fully saturated rings. The van der Waals surface area contributed by atoms with Crippen molar-refractivity contribution in [2.45, 2.75) is 25.8 Å². The maximum absolute atomic E-state index is 12.1. The van der Waals surface area contributed by atoms with Crippen LogP contribution in [0.1, 0.15) is 23.4 Å². The van der Waals surface area contributed by atoms with E-state index in [1.807, 2.05) is 48.5 Å². The van der Waals surface area contributed by atoms with Gasteiger partial charge in [-0.3, -0.25) is 4.79 Å². The topological polar surface area (TPSA) is 46.9 Å². The molecule has 3 aromatic carbocycles. The fourth-order valence-corrected chi connectivity index (χ4v) is 3.70. The van der Waals surface area contributed by atoms with Gasteiger partial charge in [-0.1, -0.05) is 72.8 Å². The van der Waals surface area contributed by atoms with Gasteiger partial charge in [-0.05, 0) is 42.2 Å². The van der Waals surface area contributed by atoms with E-state index in [1.165, 1.54) is 11.1 Å². The van der Waals surface area contributed by atoms with Crippen LogP contribution in [0.5, 0.6) is 0 Å². The molecule has 0 aliphatic heterocycles. The number of rotatable bonds is 9. The van der Waals surface area contributed by atoms with E-state index >= 15 is 0 Å². The molecule has 31 heavy (non-hydrogen) atoms. The van der Waals surface area contributed by atoms with Crippen LogP contribution in [-0.2, 0) is 24.2 Å². The summed E-state index contributed by atoms with van der Waals surface area (Å²) in [5, 5.41) is 2.97. The lowest BCUT2D eigenvalue weighted by atomic mass is 10.1. The second-order valence-electron chi connectivity index (χ2n) is 7.54. The number of hydrogen-bond acceptors (Lipinski definition) is 2. The molecular weight excluding hydrogens is 382 g/mol. The lowest BCUT2D eigenvalue weighted by molar-refractivity contribution is -0.116. The van der Waals surface area contributed by atoms with Crippen LogP contribution < -0.4 is 5.32 Å². The van der Waals surface area contributed by atoms with Gasteiger partial charge in [0.1, 0.15) is 5.82 Å². The molecule has 4 rings (SSSR count). The highest BCUT2D eigenvalue weighted by molar-refractivity contribution is 5.91. The first-order valence-electron chi connectivity index (χ1n) is 10.8. The van der Waals surface area contributed by atoms with E-state index in [2.05, 4.69) is 52.3 Å². The van der Waals surface area contributed by atoms with Crippen molar-refractivity contribution in [3.05, 3.63) is 108 Å². The Morgan fingerprint density at radius 1 is 0.871 bits per heavy atom. The number of aryl methyl sites for hydroxylation is 3. The van der Waals surface area contributed by atoms with Crippen LogP contribution in [0, 0.1) is 0 Å². The van der Waals surface area contributed by atoms with E-state index in [1.54, 1.807) is 6.08 Å². The van der Waals surface area contributed by atoms with Gasteiger partial charge in [0.2, 0.25) is 5.91 Å². The smallest absolute Gasteiger partial charge is 0.243 e. The molecule has 156 valence electrons. The molecular formula is C27H27N3O. The number of carbonyl (C=O) groups is 1. The molecule has 1 aromatic heterocycles. The molecule has 4 heteroatoms. The van der Waals surface area contributed by atoms with Gasteiger partial charge in [0.05, 0.1) is 11.0 Å². The van der Waals surface area contributed by atoms with Crippen molar-refractivity contribution in [3.63, 3.8) is 0 Å². The molecule has 0 saturated carbocycles. The van der Waals surface area contributed by atoms with Crippen molar-refractivity contribution in [2.75, 3.05) is 6.54 Å². The monoisotopic (exact) mass is 409 g/mol. The highest BCUT2D eigenvalue weighted by Crippen LogP contribution is 2.18. The molecule has 0 aliphatic carbocycles. The number of benzene rings is 3. The zero-order chi connectivity index (χ0) is 21.3. The first kappa shape index (κ1) is 20.6. The van der Waals surface area contributed by atoms with E-state index in [9.17, 15) is 4.79 Å². The van der Waals surface area contributed by atoms with Gasteiger partial charge >= 0.3 is 0 Å². The van der Waals surface area contributed by atoms with Crippen molar-refractivity contribution in [1.29, 1.82) is 0 Å². The van der Waals surface area contributed by atoms with Gasteiger partial charge in [-0.15, -0.1) is 0 Å². The summed E-state index contributed by atoms with van der Waals surface area (Å²) in [7, 11) is 0. The Hall–Kier alpha value is -3.66. The molecule has 1 heterocycles. The normalized spacial score (nSPS) is 11.2. The van der Waals surface area contributed by atoms with Crippen LogP contribution in [0.3, 0.4) is 0 Å². The second-order valence-corrected chi connectivity index (χ2v) is 7.54. The number of fused-ring (bicyclic) bond motifs is 1. The van der Waals surface area contributed by atoms with E-state index in [4.69, 9.17) is 4.98 Å². The Labute approximate surface area is 183 Å². The molecule has 0 unspecified atom stereocenters. The van der Waals surface area contributed by atoms with Gasteiger partial charge in [0.15, 0.2) is 0 Å². The van der Waals surface area contributed by atoms with Crippen LogP contribution in [0.4, 0.5) is 0 Å². The molecule has 0 bridgehead atoms. The largest absolute Gasteiger partial charge is 0.353 e. The lowest BCUT2D eigenvalue weighted by Crippen LogP contribution is -2.22. The summed E-state index contributed by atoms with van der Waals surface area (Å²) >= 11 is 0. The lowest BCUT2D eigenvalue weighted by Gasteiger charge is -2.10. The van der Waals surface area contributed by atoms with E-state index in [0.717, 1.165) is 42.7 Å². The SMILES string of the molecule is O=C(/C=C/c1ccccc1)NCCCc1nc2ccccc2n1CCc1ccccc1. The molecule has 4 aromatic rings. The molecule has 0 saturated heterocycles. The van der Waals surface area contributed by atoms with Crippen molar-refractivity contribution in [2.24, 2.45) is 0 Å². The van der Waals surface area contributed by atoms with E-state index in [0.29, 0.717) is 6.54 Å². The third-order valence-corrected chi connectivity index (χ3v) is 5.30. The minimum Gasteiger partial charge on any atom is -0.353 e. The van der Waals surface area contributed by atoms with Crippen LogP contribution in [-0.4, -0.2) is 22.0 Å². The fourth-order valence-electron chi connectivity index (χ4n) is 3.70. The van der Waals surface area contributed by atoms with Crippen molar-refractivity contribution >= 4 is 23.0 Å². The Morgan fingerprint density at radius 2 is 1.58 bits per heavy atom. The number of nitrogens with zero attached hydrogens (tertiary/aromatic N) is 2. The molecule has 0 radical (unpaired) electrons. The summed E-state index contributed by atoms with van der Waals surface area (Å²) in [5.74, 6) is 1.01. The predicted molar refractivity (Wildman–Crippen MR) is 127 cm³/mol. The number of nitrogens with one attached hydrogen (secondary N) is 1. The van der Waals surface area contributed by atoms with Gasteiger partial charge in [-0.25, -0.2) is 4.98 Å². The number of amides is 1. The zero-order valence-corrected chi connectivity index (χ0v) is 17.6. The average molecular weight is 410 g/mol. The summed E-state index contributed by atoms with van der Waals surface area (Å²) in [5.41, 5.74) is 4.54. The number of imidazole rings is 1. The van der Waals surface area contributed by atoms with Gasteiger partial charge in [0.25, 0.3) is 0 Å². The third-order valence-electron chi connectivity index (χ3n) is 5.30. The highest BCUT2D eigenvalue weighted by atomic mass is 16.1. The molecule has 1 N–H and O–H groups in total. The number of hydrogen-bond donors (Lipinski definition) is 1. The third kappa shape index (κ3) is 5.70. The Kier molecular flexibility index (Phi) is 6.91. The Morgan fingerprint density at radius 3 is 2.39 bits per heavy atom. The first-order valence-corrected chi connectivity index (χ1v) is 10.8. The first-order chi connectivity index (χ1) is 15.3. The maximum atomic E-state index is 12.1. The summed E-state index contributed by atoms with van der Waals surface area (Å²) in [4.78, 5) is 16.9. The van der Waals surface area contributed by atoms with Crippen LogP contribution in [0.25, 0.3) is 17.1 Å². The van der Waals surface area contributed by atoms with Gasteiger partial charge in [-0.2, -0.15) is 0 Å². The van der Waals surface area contributed by atoms with E-state index < -0.39 is 0 Å². The van der Waals surface area contributed by atoms with E-state index in [-0.39, 0.29) is 5.91 Å². The molecule has 4 nitrogen and oxygen atoms in total. The Balaban J connectivity index is 1.34. The fraction of sp³-hybridized carbons (Fsp3) is 0.185. The molecule has 0 spiro atoms. The average Bonchev–Trinajstić information content (AvgIpc) is 3.18. The van der Waals surface area contributed by atoms with Crippen molar-refractivity contribution in [3.8, 4) is 0 Å². The standard InChI is InChI=1S/C27H27N3O/c31-27(18-17-22-10-3-1-4-11-22)28-20-9-16-26-29-24-14-7-8-15-25(24)30(26)21-19-23-12-5-2-6-13-23/h1-8,10-15,17-18H,9,16,19-21H2,(H,28,31)/b18-17+.